The lowest BCUT2D eigenvalue weighted by Crippen LogP contribution is -2.40. The minimum Gasteiger partial charge on any atom is -0.319 e. The minimum absolute atomic E-state index is 0.0522. The largest absolute Gasteiger partial charge is 0.325 e. The molecule has 8 nitrogen and oxygen atoms in total. The minimum atomic E-state index is -1.29. The zero-order valence-electron chi connectivity index (χ0n) is 15.4. The number of benzene rings is 2. The molecule has 1 fully saturated rings. The third-order valence-electron chi connectivity index (χ3n) is 4.82. The van der Waals surface area contributed by atoms with Gasteiger partial charge in [0.05, 0.1) is 17.2 Å². The van der Waals surface area contributed by atoms with Crippen LogP contribution in [0, 0.1) is 10.1 Å². The monoisotopic (exact) mass is 408 g/mol. The van der Waals surface area contributed by atoms with E-state index in [9.17, 15) is 19.7 Å². The first-order valence-electron chi connectivity index (χ1n) is 8.77. The molecule has 9 heteroatoms. The Hall–Kier alpha value is -3.59. The molecule has 1 aliphatic heterocycles. The highest BCUT2D eigenvalue weighted by atomic mass is 32.1. The summed E-state index contributed by atoms with van der Waals surface area (Å²) in [5, 5.41) is 16.2. The van der Waals surface area contributed by atoms with E-state index in [1.165, 1.54) is 35.6 Å². The van der Waals surface area contributed by atoms with Crippen molar-refractivity contribution in [2.45, 2.75) is 19.0 Å². The average Bonchev–Trinajstić information content (AvgIpc) is 3.28. The number of hydrogen-bond acceptors (Lipinski definition) is 6. The van der Waals surface area contributed by atoms with Crippen LogP contribution in [0.4, 0.5) is 10.5 Å². The summed E-state index contributed by atoms with van der Waals surface area (Å²) in [5.41, 5.74) is 0.695. The third-order valence-corrected chi connectivity index (χ3v) is 5.76. The number of nitro groups is 1. The molecule has 1 aromatic heterocycles. The zero-order chi connectivity index (χ0) is 20.6. The van der Waals surface area contributed by atoms with Crippen LogP contribution in [-0.2, 0) is 16.9 Å². The first kappa shape index (κ1) is 18.8. The Kier molecular flexibility index (Phi) is 4.59. The summed E-state index contributed by atoms with van der Waals surface area (Å²) in [6, 6.07) is 14.7. The molecule has 1 saturated heterocycles. The van der Waals surface area contributed by atoms with Gasteiger partial charge in [-0.25, -0.2) is 9.78 Å². The van der Waals surface area contributed by atoms with Gasteiger partial charge in [0.1, 0.15) is 10.5 Å². The molecule has 3 amide bonds. The van der Waals surface area contributed by atoms with E-state index in [0.29, 0.717) is 11.3 Å². The van der Waals surface area contributed by atoms with Gasteiger partial charge in [-0.15, -0.1) is 11.3 Å². The van der Waals surface area contributed by atoms with Crippen molar-refractivity contribution in [2.75, 3.05) is 0 Å². The van der Waals surface area contributed by atoms with Gasteiger partial charge >= 0.3 is 6.03 Å². The van der Waals surface area contributed by atoms with Gasteiger partial charge in [-0.1, -0.05) is 30.3 Å². The van der Waals surface area contributed by atoms with Crippen molar-refractivity contribution in [1.82, 2.24) is 15.2 Å². The van der Waals surface area contributed by atoms with Gasteiger partial charge in [-0.3, -0.25) is 19.8 Å². The van der Waals surface area contributed by atoms with Crippen molar-refractivity contribution in [3.05, 3.63) is 81.3 Å². The van der Waals surface area contributed by atoms with Gasteiger partial charge in [0, 0.05) is 23.1 Å². The lowest BCUT2D eigenvalue weighted by atomic mass is 9.92. The summed E-state index contributed by atoms with van der Waals surface area (Å²) in [5.74, 6) is -0.425. The topological polar surface area (TPSA) is 105 Å². The van der Waals surface area contributed by atoms with Gasteiger partial charge in [-0.05, 0) is 24.6 Å². The molecule has 4 rings (SSSR count). The number of imide groups is 1. The van der Waals surface area contributed by atoms with Gasteiger partial charge in [-0.2, -0.15) is 0 Å². The van der Waals surface area contributed by atoms with E-state index in [-0.39, 0.29) is 12.2 Å². The van der Waals surface area contributed by atoms with Crippen molar-refractivity contribution >= 4 is 29.0 Å². The maximum Gasteiger partial charge on any atom is 0.325 e. The number of carbonyl (C=O) groups excluding carboxylic acids is 2. The highest BCUT2D eigenvalue weighted by molar-refractivity contribution is 7.13. The molecular weight excluding hydrogens is 392 g/mol. The standard InChI is InChI=1S/C20H16N4O4S/c1-20(14-7-9-16(10-8-14)24(27)28)18(25)23(19(26)22-20)11-15-12-29-17(21-15)13-5-3-2-4-6-13/h2-10,12H,11H2,1H3,(H,22,26)/t20-/m0/s1. The van der Waals surface area contributed by atoms with Crippen molar-refractivity contribution in [3.8, 4) is 10.6 Å². The second-order valence-corrected chi connectivity index (χ2v) is 7.62. The quantitative estimate of drug-likeness (QED) is 0.394. The fraction of sp³-hybridized carbons (Fsp3) is 0.150. The summed E-state index contributed by atoms with van der Waals surface area (Å²) < 4.78 is 0. The summed E-state index contributed by atoms with van der Waals surface area (Å²) in [7, 11) is 0. The highest BCUT2D eigenvalue weighted by Gasteiger charge is 2.49. The number of nitrogens with zero attached hydrogens (tertiary/aromatic N) is 3. The molecule has 1 N–H and O–H groups in total. The van der Waals surface area contributed by atoms with Crippen LogP contribution in [-0.4, -0.2) is 26.7 Å². The van der Waals surface area contributed by atoms with Crippen LogP contribution < -0.4 is 5.32 Å². The first-order valence-corrected chi connectivity index (χ1v) is 9.65. The second kappa shape index (κ2) is 7.10. The van der Waals surface area contributed by atoms with Crippen LogP contribution in [0.25, 0.3) is 10.6 Å². The zero-order valence-corrected chi connectivity index (χ0v) is 16.2. The normalized spacial score (nSPS) is 18.7. The smallest absolute Gasteiger partial charge is 0.319 e. The predicted octanol–water partition coefficient (Wildman–Crippen LogP) is 3.69. The Morgan fingerprint density at radius 3 is 2.48 bits per heavy atom. The molecule has 29 heavy (non-hydrogen) atoms. The molecule has 2 heterocycles. The van der Waals surface area contributed by atoms with E-state index < -0.39 is 22.4 Å². The Balaban J connectivity index is 1.55. The van der Waals surface area contributed by atoms with Crippen LogP contribution >= 0.6 is 11.3 Å². The van der Waals surface area contributed by atoms with Crippen molar-refractivity contribution in [1.29, 1.82) is 0 Å². The molecule has 2 aromatic carbocycles. The molecule has 0 saturated carbocycles. The Labute approximate surface area is 170 Å². The summed E-state index contributed by atoms with van der Waals surface area (Å²) in [6.45, 7) is 1.64. The van der Waals surface area contributed by atoms with Crippen molar-refractivity contribution in [2.24, 2.45) is 0 Å². The number of amides is 3. The summed E-state index contributed by atoms with van der Waals surface area (Å²) >= 11 is 1.44. The number of rotatable bonds is 5. The van der Waals surface area contributed by atoms with E-state index in [2.05, 4.69) is 10.3 Å². The third kappa shape index (κ3) is 3.36. The molecule has 0 radical (unpaired) electrons. The number of carbonyl (C=O) groups is 2. The molecule has 0 aliphatic carbocycles. The summed E-state index contributed by atoms with van der Waals surface area (Å²) in [4.78, 5) is 41.5. The molecule has 1 aliphatic rings. The fourth-order valence-corrected chi connectivity index (χ4v) is 4.02. The van der Waals surface area contributed by atoms with Crippen molar-refractivity contribution in [3.63, 3.8) is 0 Å². The average molecular weight is 408 g/mol. The number of thiazole rings is 1. The second-order valence-electron chi connectivity index (χ2n) is 6.76. The molecule has 0 spiro atoms. The predicted molar refractivity (Wildman–Crippen MR) is 107 cm³/mol. The molecule has 0 unspecified atom stereocenters. The van der Waals surface area contributed by atoms with Gasteiger partial charge < -0.3 is 5.32 Å². The lowest BCUT2D eigenvalue weighted by Gasteiger charge is -2.21. The first-order chi connectivity index (χ1) is 13.9. The Morgan fingerprint density at radius 2 is 1.83 bits per heavy atom. The van der Waals surface area contributed by atoms with Gasteiger partial charge in [0.25, 0.3) is 11.6 Å². The summed E-state index contributed by atoms with van der Waals surface area (Å²) in [6.07, 6.45) is 0. The molecule has 146 valence electrons. The van der Waals surface area contributed by atoms with Crippen LogP contribution in [0.15, 0.2) is 60.0 Å². The van der Waals surface area contributed by atoms with E-state index in [1.54, 1.807) is 6.92 Å². The number of urea groups is 1. The number of nitro benzene ring substituents is 1. The molecular formula is C20H16N4O4S. The lowest BCUT2D eigenvalue weighted by molar-refractivity contribution is -0.384. The SMILES string of the molecule is C[C@@]1(c2ccc([N+](=O)[O-])cc2)NC(=O)N(Cc2csc(-c3ccccc3)n2)C1=O. The van der Waals surface area contributed by atoms with Crippen LogP contribution in [0.3, 0.4) is 0 Å². The molecule has 1 atom stereocenters. The van der Waals surface area contributed by atoms with E-state index >= 15 is 0 Å². The number of non-ortho nitro benzene ring substituents is 1. The van der Waals surface area contributed by atoms with E-state index in [0.717, 1.165) is 15.5 Å². The Morgan fingerprint density at radius 1 is 1.14 bits per heavy atom. The number of aromatic nitrogens is 1. The van der Waals surface area contributed by atoms with Crippen molar-refractivity contribution < 1.29 is 14.5 Å². The maximum atomic E-state index is 13.0. The molecule has 0 bridgehead atoms. The highest BCUT2D eigenvalue weighted by Crippen LogP contribution is 2.31. The van der Waals surface area contributed by atoms with Gasteiger partial charge in [0.2, 0.25) is 0 Å². The van der Waals surface area contributed by atoms with Crippen LogP contribution in [0.1, 0.15) is 18.2 Å². The molecule has 3 aromatic rings. The number of hydrogen-bond donors (Lipinski definition) is 1. The maximum absolute atomic E-state index is 13.0. The fourth-order valence-electron chi connectivity index (χ4n) is 3.21. The van der Waals surface area contributed by atoms with Crippen LogP contribution in [0.5, 0.6) is 0 Å². The van der Waals surface area contributed by atoms with E-state index in [1.807, 2.05) is 35.7 Å². The van der Waals surface area contributed by atoms with Crippen LogP contribution in [0.2, 0.25) is 0 Å². The Bertz CT molecular complexity index is 1100. The van der Waals surface area contributed by atoms with Gasteiger partial charge in [0.15, 0.2) is 0 Å². The van der Waals surface area contributed by atoms with E-state index in [4.69, 9.17) is 0 Å². The number of nitrogens with one attached hydrogen (secondary N) is 1.